The van der Waals surface area contributed by atoms with Crippen LogP contribution in [0.4, 0.5) is 0 Å². The molecule has 0 bridgehead atoms. The Morgan fingerprint density at radius 3 is 2.52 bits per heavy atom. The predicted octanol–water partition coefficient (Wildman–Crippen LogP) is 3.71. The van der Waals surface area contributed by atoms with Gasteiger partial charge >= 0.3 is 5.97 Å². The topological polar surface area (TPSA) is 57.1 Å². The first-order valence-corrected chi connectivity index (χ1v) is 7.78. The third-order valence-corrected chi connectivity index (χ3v) is 3.63. The number of hydrogen-bond acceptors (Lipinski definition) is 5. The second-order valence-electron chi connectivity index (χ2n) is 5.28. The molecule has 2 aromatic carbocycles. The van der Waals surface area contributed by atoms with Gasteiger partial charge in [0.05, 0.1) is 26.7 Å². The maximum absolute atomic E-state index is 12.0. The largest absolute Gasteiger partial charge is 0.503 e. The van der Waals surface area contributed by atoms with E-state index >= 15 is 0 Å². The number of esters is 1. The summed E-state index contributed by atoms with van der Waals surface area (Å²) < 4.78 is 9.87. The van der Waals surface area contributed by atoms with Crippen LogP contribution in [0.2, 0.25) is 0 Å². The van der Waals surface area contributed by atoms with Gasteiger partial charge in [-0.3, -0.25) is 0 Å². The van der Waals surface area contributed by atoms with Crippen LogP contribution in [0.15, 0.2) is 59.9 Å². The molecule has 2 rings (SSSR count). The zero-order valence-electron chi connectivity index (χ0n) is 14.6. The van der Waals surface area contributed by atoms with Crippen molar-refractivity contribution in [2.75, 3.05) is 14.2 Å². The fourth-order valence-electron chi connectivity index (χ4n) is 2.33. The van der Waals surface area contributed by atoms with Crippen LogP contribution in [-0.2, 0) is 25.7 Å². The first kappa shape index (κ1) is 18.3. The van der Waals surface area contributed by atoms with Gasteiger partial charge in [0.2, 0.25) is 0 Å². The molecule has 0 aliphatic rings. The van der Waals surface area contributed by atoms with Gasteiger partial charge in [-0.05, 0) is 23.6 Å². The number of carbonyl (C=O) groups excluding carboxylic acids is 1. The van der Waals surface area contributed by atoms with Crippen molar-refractivity contribution in [1.29, 1.82) is 0 Å². The molecule has 0 aromatic heterocycles. The van der Waals surface area contributed by atoms with Gasteiger partial charge < -0.3 is 14.3 Å². The van der Waals surface area contributed by atoms with E-state index in [-0.39, 0.29) is 6.61 Å². The number of methoxy groups -OCH3 is 2. The van der Waals surface area contributed by atoms with Gasteiger partial charge in [0.25, 0.3) is 0 Å². The first-order chi connectivity index (χ1) is 12.2. The average Bonchev–Trinajstić information content (AvgIpc) is 2.64. The molecule has 0 amide bonds. The Bertz CT molecular complexity index is 767. The van der Waals surface area contributed by atoms with Crippen LogP contribution in [0, 0.1) is 6.92 Å². The number of ether oxygens (including phenoxy) is 2. The standard InChI is InChI=1S/C20H21NO4/c1-15-8-7-11-17(19(13-23-2)20(22)24-3)18(15)14-25-21-12-16-9-5-4-6-10-16/h4-13H,14H2,1-3H3/b19-13+,21-12+. The number of oxime groups is 1. The minimum absolute atomic E-state index is 0.226. The third kappa shape index (κ3) is 4.94. The second-order valence-corrected chi connectivity index (χ2v) is 5.28. The number of rotatable bonds is 7. The van der Waals surface area contributed by atoms with E-state index in [1.165, 1.54) is 20.5 Å². The predicted molar refractivity (Wildman–Crippen MR) is 97.0 cm³/mol. The molecule has 0 saturated carbocycles. The molecule has 0 saturated heterocycles. The number of hydrogen-bond donors (Lipinski definition) is 0. The van der Waals surface area contributed by atoms with Crippen molar-refractivity contribution < 1.29 is 19.1 Å². The van der Waals surface area contributed by atoms with Gasteiger partial charge in [0.15, 0.2) is 0 Å². The lowest BCUT2D eigenvalue weighted by Gasteiger charge is -2.13. The van der Waals surface area contributed by atoms with E-state index in [1.54, 1.807) is 6.21 Å². The molecule has 0 radical (unpaired) electrons. The maximum Gasteiger partial charge on any atom is 0.341 e. The zero-order chi connectivity index (χ0) is 18.1. The van der Waals surface area contributed by atoms with E-state index < -0.39 is 5.97 Å². The summed E-state index contributed by atoms with van der Waals surface area (Å²) >= 11 is 0. The van der Waals surface area contributed by atoms with E-state index in [4.69, 9.17) is 14.3 Å². The first-order valence-electron chi connectivity index (χ1n) is 7.78. The highest BCUT2D eigenvalue weighted by atomic mass is 16.6. The Morgan fingerprint density at radius 1 is 1.08 bits per heavy atom. The van der Waals surface area contributed by atoms with Crippen LogP contribution >= 0.6 is 0 Å². The molecule has 5 heteroatoms. The van der Waals surface area contributed by atoms with Gasteiger partial charge in [-0.15, -0.1) is 0 Å². The van der Waals surface area contributed by atoms with Gasteiger partial charge in [-0.25, -0.2) is 4.79 Å². The zero-order valence-corrected chi connectivity index (χ0v) is 14.6. The Kier molecular flexibility index (Phi) is 6.77. The number of benzene rings is 2. The highest BCUT2D eigenvalue weighted by molar-refractivity contribution is 6.16. The molecule has 2 aromatic rings. The fraction of sp³-hybridized carbons (Fsp3) is 0.200. The molecule has 130 valence electrons. The minimum Gasteiger partial charge on any atom is -0.503 e. The van der Waals surface area contributed by atoms with Gasteiger partial charge in [0.1, 0.15) is 12.2 Å². The van der Waals surface area contributed by atoms with E-state index in [9.17, 15) is 4.79 Å². The highest BCUT2D eigenvalue weighted by Crippen LogP contribution is 2.24. The summed E-state index contributed by atoms with van der Waals surface area (Å²) in [6.07, 6.45) is 3.02. The monoisotopic (exact) mass is 339 g/mol. The normalized spacial score (nSPS) is 11.4. The van der Waals surface area contributed by atoms with Crippen molar-refractivity contribution in [1.82, 2.24) is 0 Å². The average molecular weight is 339 g/mol. The second kappa shape index (κ2) is 9.27. The molecule has 0 atom stereocenters. The number of carbonyl (C=O) groups is 1. The van der Waals surface area contributed by atoms with Gasteiger partial charge in [-0.1, -0.05) is 53.7 Å². The van der Waals surface area contributed by atoms with Crippen molar-refractivity contribution in [3.8, 4) is 0 Å². The van der Waals surface area contributed by atoms with Crippen LogP contribution < -0.4 is 0 Å². The van der Waals surface area contributed by atoms with Crippen LogP contribution in [0.5, 0.6) is 0 Å². The van der Waals surface area contributed by atoms with Crippen molar-refractivity contribution >= 4 is 17.8 Å². The SMILES string of the molecule is CO/C=C(/C(=O)OC)c1cccc(C)c1CO/N=C/c1ccccc1. The summed E-state index contributed by atoms with van der Waals surface area (Å²) in [6, 6.07) is 15.3. The fourth-order valence-corrected chi connectivity index (χ4v) is 2.33. The molecule has 0 spiro atoms. The van der Waals surface area contributed by atoms with Crippen LogP contribution in [0.25, 0.3) is 5.57 Å². The summed E-state index contributed by atoms with van der Waals surface area (Å²) in [7, 11) is 2.82. The lowest BCUT2D eigenvalue weighted by molar-refractivity contribution is -0.133. The molecule has 5 nitrogen and oxygen atoms in total. The van der Waals surface area contributed by atoms with Crippen molar-refractivity contribution in [3.63, 3.8) is 0 Å². The molecular formula is C20H21NO4. The molecule has 0 aliphatic heterocycles. The van der Waals surface area contributed by atoms with Gasteiger partial charge in [-0.2, -0.15) is 0 Å². The van der Waals surface area contributed by atoms with Gasteiger partial charge in [0, 0.05) is 5.56 Å². The number of nitrogens with zero attached hydrogens (tertiary/aromatic N) is 1. The third-order valence-electron chi connectivity index (χ3n) is 3.63. The van der Waals surface area contributed by atoms with Crippen LogP contribution in [-0.4, -0.2) is 26.4 Å². The quantitative estimate of drug-likeness (QED) is 0.254. The lowest BCUT2D eigenvalue weighted by atomic mass is 9.97. The Labute approximate surface area is 147 Å². The van der Waals surface area contributed by atoms with E-state index in [0.717, 1.165) is 16.7 Å². The number of aryl methyl sites for hydroxylation is 1. The maximum atomic E-state index is 12.0. The molecule has 25 heavy (non-hydrogen) atoms. The summed E-state index contributed by atoms with van der Waals surface area (Å²) in [5.41, 5.74) is 3.81. The van der Waals surface area contributed by atoms with E-state index in [2.05, 4.69) is 5.16 Å². The summed E-state index contributed by atoms with van der Waals surface area (Å²) in [6.45, 7) is 2.17. The minimum atomic E-state index is -0.471. The van der Waals surface area contributed by atoms with Crippen LogP contribution in [0.1, 0.15) is 22.3 Å². The summed E-state index contributed by atoms with van der Waals surface area (Å²) in [5.74, 6) is -0.471. The van der Waals surface area contributed by atoms with E-state index in [0.29, 0.717) is 11.1 Å². The van der Waals surface area contributed by atoms with Crippen molar-refractivity contribution in [2.45, 2.75) is 13.5 Å². The van der Waals surface area contributed by atoms with E-state index in [1.807, 2.05) is 55.5 Å². The molecular weight excluding hydrogens is 318 g/mol. The summed E-state index contributed by atoms with van der Waals surface area (Å²) in [5, 5.41) is 4.00. The molecule has 0 fully saturated rings. The molecule has 0 unspecified atom stereocenters. The highest BCUT2D eigenvalue weighted by Gasteiger charge is 2.18. The Balaban J connectivity index is 2.21. The smallest absolute Gasteiger partial charge is 0.341 e. The Hall–Kier alpha value is -3.08. The summed E-state index contributed by atoms with van der Waals surface area (Å²) in [4.78, 5) is 17.5. The Morgan fingerprint density at radius 2 is 1.84 bits per heavy atom. The molecule has 0 N–H and O–H groups in total. The van der Waals surface area contributed by atoms with Crippen LogP contribution in [0.3, 0.4) is 0 Å². The molecule has 0 heterocycles. The van der Waals surface area contributed by atoms with Crippen molar-refractivity contribution in [3.05, 3.63) is 77.0 Å². The van der Waals surface area contributed by atoms with Crippen molar-refractivity contribution in [2.24, 2.45) is 5.16 Å². The lowest BCUT2D eigenvalue weighted by Crippen LogP contribution is -2.08. The molecule has 0 aliphatic carbocycles.